The minimum Gasteiger partial charge on any atom is -0.381 e. The number of rotatable bonds is 2. The number of fused-ring (bicyclic) bond motifs is 1. The van der Waals surface area contributed by atoms with Crippen LogP contribution in [0.2, 0.25) is 0 Å². The molecule has 0 aliphatic carbocycles. The van der Waals surface area contributed by atoms with Crippen molar-refractivity contribution >= 4 is 16.9 Å². The lowest BCUT2D eigenvalue weighted by Gasteiger charge is -2.39. The van der Waals surface area contributed by atoms with Gasteiger partial charge in [-0.15, -0.1) is 0 Å². The van der Waals surface area contributed by atoms with Crippen molar-refractivity contribution in [3.63, 3.8) is 0 Å². The molecule has 3 heterocycles. The Morgan fingerprint density at radius 1 is 1.32 bits per heavy atom. The van der Waals surface area contributed by atoms with Crippen LogP contribution in [0.1, 0.15) is 25.0 Å². The third-order valence-electron chi connectivity index (χ3n) is 4.97. The van der Waals surface area contributed by atoms with Crippen molar-refractivity contribution in [3.05, 3.63) is 30.0 Å². The van der Waals surface area contributed by atoms with E-state index in [9.17, 15) is 4.79 Å². The number of nitrogens with zero attached hydrogens (tertiary/aromatic N) is 2. The Hall–Kier alpha value is -1.88. The maximum atomic E-state index is 12.7. The Balaban J connectivity index is 1.50. The van der Waals surface area contributed by atoms with Crippen LogP contribution in [0.25, 0.3) is 11.0 Å². The molecular weight excluding hydrogens is 280 g/mol. The summed E-state index contributed by atoms with van der Waals surface area (Å²) >= 11 is 0. The van der Waals surface area contributed by atoms with Crippen LogP contribution in [0.3, 0.4) is 0 Å². The van der Waals surface area contributed by atoms with Crippen molar-refractivity contribution in [2.24, 2.45) is 5.41 Å². The van der Waals surface area contributed by atoms with Gasteiger partial charge in [0.1, 0.15) is 5.69 Å². The molecule has 2 aliphatic rings. The van der Waals surface area contributed by atoms with Crippen molar-refractivity contribution in [2.75, 3.05) is 26.3 Å². The second-order valence-electron chi connectivity index (χ2n) is 6.52. The molecule has 1 aromatic carbocycles. The first-order valence-electron chi connectivity index (χ1n) is 7.95. The molecule has 22 heavy (non-hydrogen) atoms. The average molecular weight is 300 g/mol. The highest BCUT2D eigenvalue weighted by Gasteiger charge is 2.40. The molecule has 0 radical (unpaired) electrons. The van der Waals surface area contributed by atoms with Crippen LogP contribution >= 0.6 is 0 Å². The summed E-state index contributed by atoms with van der Waals surface area (Å²) in [5.41, 5.74) is 1.67. The zero-order valence-electron chi connectivity index (χ0n) is 12.6. The van der Waals surface area contributed by atoms with Gasteiger partial charge in [0.15, 0.2) is 5.58 Å². The highest BCUT2D eigenvalue weighted by Crippen LogP contribution is 2.37. The normalized spacial score (nSPS) is 25.2. The third kappa shape index (κ3) is 2.39. The largest absolute Gasteiger partial charge is 0.381 e. The highest BCUT2D eigenvalue weighted by atomic mass is 16.5. The van der Waals surface area contributed by atoms with Gasteiger partial charge in [0.25, 0.3) is 0 Å². The number of ether oxygens (including phenoxy) is 1. The predicted octanol–water partition coefficient (Wildman–Crippen LogP) is 2.40. The molecule has 5 nitrogen and oxygen atoms in total. The Bertz CT molecular complexity index is 688. The summed E-state index contributed by atoms with van der Waals surface area (Å²) in [6.07, 6.45) is 3.62. The van der Waals surface area contributed by atoms with Gasteiger partial charge in [-0.25, -0.2) is 0 Å². The maximum absolute atomic E-state index is 12.7. The molecule has 1 aromatic heterocycles. The van der Waals surface area contributed by atoms with Gasteiger partial charge >= 0.3 is 0 Å². The topological polar surface area (TPSA) is 55.6 Å². The summed E-state index contributed by atoms with van der Waals surface area (Å²) in [6, 6.07) is 7.69. The standard InChI is InChI=1S/C17H20N2O3/c20-16(10-14-13-4-1-2-5-15(13)22-18-14)19-8-3-6-17(11-19)7-9-21-12-17/h1-2,4-5H,3,6-12H2. The molecule has 5 heteroatoms. The van der Waals surface area contributed by atoms with Crippen LogP contribution in [0.5, 0.6) is 0 Å². The highest BCUT2D eigenvalue weighted by molar-refractivity contribution is 5.86. The van der Waals surface area contributed by atoms with Crippen molar-refractivity contribution in [2.45, 2.75) is 25.7 Å². The molecule has 4 rings (SSSR count). The van der Waals surface area contributed by atoms with Crippen molar-refractivity contribution in [1.29, 1.82) is 0 Å². The van der Waals surface area contributed by atoms with Gasteiger partial charge in [-0.1, -0.05) is 17.3 Å². The van der Waals surface area contributed by atoms with E-state index in [1.165, 1.54) is 6.42 Å². The zero-order valence-corrected chi connectivity index (χ0v) is 12.6. The Kier molecular flexibility index (Phi) is 3.37. The van der Waals surface area contributed by atoms with Crippen LogP contribution < -0.4 is 0 Å². The van der Waals surface area contributed by atoms with E-state index in [1.807, 2.05) is 29.2 Å². The molecule has 0 bridgehead atoms. The molecule has 2 aliphatic heterocycles. The van der Waals surface area contributed by atoms with Gasteiger partial charge in [-0.3, -0.25) is 4.79 Å². The van der Waals surface area contributed by atoms with Crippen LogP contribution in [0.15, 0.2) is 28.8 Å². The number of benzene rings is 1. The first-order valence-corrected chi connectivity index (χ1v) is 7.95. The maximum Gasteiger partial charge on any atom is 0.228 e. The van der Waals surface area contributed by atoms with Gasteiger partial charge in [-0.05, 0) is 31.4 Å². The Morgan fingerprint density at radius 2 is 2.23 bits per heavy atom. The lowest BCUT2D eigenvalue weighted by Crippen LogP contribution is -2.47. The van der Waals surface area contributed by atoms with Gasteiger partial charge < -0.3 is 14.2 Å². The monoisotopic (exact) mass is 300 g/mol. The molecule has 0 N–H and O–H groups in total. The molecule has 2 saturated heterocycles. The second-order valence-corrected chi connectivity index (χ2v) is 6.52. The SMILES string of the molecule is O=C(Cc1noc2ccccc12)N1CCCC2(CCOC2)C1. The van der Waals surface area contributed by atoms with E-state index in [-0.39, 0.29) is 11.3 Å². The van der Waals surface area contributed by atoms with Gasteiger partial charge in [-0.2, -0.15) is 0 Å². The van der Waals surface area contributed by atoms with Crippen LogP contribution in [0, 0.1) is 5.41 Å². The molecular formula is C17H20N2O3. The molecule has 2 fully saturated rings. The molecule has 1 unspecified atom stereocenters. The Labute approximate surface area is 129 Å². The van der Waals surface area contributed by atoms with E-state index in [0.717, 1.165) is 55.8 Å². The van der Waals surface area contributed by atoms with E-state index in [0.29, 0.717) is 6.42 Å². The second kappa shape index (κ2) is 5.39. The fourth-order valence-electron chi connectivity index (χ4n) is 3.71. The average Bonchev–Trinajstić information content (AvgIpc) is 3.15. The van der Waals surface area contributed by atoms with Crippen LogP contribution in [-0.4, -0.2) is 42.3 Å². The first kappa shape index (κ1) is 13.8. The molecule has 116 valence electrons. The minimum atomic E-state index is 0.144. The summed E-state index contributed by atoms with van der Waals surface area (Å²) in [7, 11) is 0. The Morgan fingerprint density at radius 3 is 3.09 bits per heavy atom. The fraction of sp³-hybridized carbons (Fsp3) is 0.529. The summed E-state index contributed by atoms with van der Waals surface area (Å²) in [5.74, 6) is 0.144. The number of likely N-dealkylation sites (tertiary alicyclic amines) is 1. The third-order valence-corrected chi connectivity index (χ3v) is 4.97. The zero-order chi connectivity index (χ0) is 15.0. The number of carbonyl (C=O) groups excluding carboxylic acids is 1. The van der Waals surface area contributed by atoms with Crippen molar-refractivity contribution in [3.8, 4) is 0 Å². The van der Waals surface area contributed by atoms with E-state index < -0.39 is 0 Å². The van der Waals surface area contributed by atoms with E-state index in [1.54, 1.807) is 0 Å². The van der Waals surface area contributed by atoms with Crippen molar-refractivity contribution in [1.82, 2.24) is 10.1 Å². The van der Waals surface area contributed by atoms with Crippen molar-refractivity contribution < 1.29 is 14.1 Å². The number of carbonyl (C=O) groups is 1. The smallest absolute Gasteiger partial charge is 0.228 e. The molecule has 1 atom stereocenters. The summed E-state index contributed by atoms with van der Waals surface area (Å²) < 4.78 is 10.9. The first-order chi connectivity index (χ1) is 10.8. The molecule has 0 saturated carbocycles. The van der Waals surface area contributed by atoms with Gasteiger partial charge in [0.05, 0.1) is 13.0 Å². The fourth-order valence-corrected chi connectivity index (χ4v) is 3.71. The number of amides is 1. The summed E-state index contributed by atoms with van der Waals surface area (Å²) in [5, 5.41) is 5.01. The number of hydrogen-bond acceptors (Lipinski definition) is 4. The lowest BCUT2D eigenvalue weighted by molar-refractivity contribution is -0.134. The minimum absolute atomic E-state index is 0.144. The summed E-state index contributed by atoms with van der Waals surface area (Å²) in [4.78, 5) is 14.6. The van der Waals surface area contributed by atoms with E-state index >= 15 is 0 Å². The van der Waals surface area contributed by atoms with E-state index in [4.69, 9.17) is 9.26 Å². The molecule has 1 spiro atoms. The quantitative estimate of drug-likeness (QED) is 0.854. The number of para-hydroxylation sites is 1. The summed E-state index contributed by atoms with van der Waals surface area (Å²) in [6.45, 7) is 3.29. The molecule has 1 amide bonds. The number of piperidine rings is 1. The number of aromatic nitrogens is 1. The van der Waals surface area contributed by atoms with Crippen LogP contribution in [-0.2, 0) is 16.0 Å². The van der Waals surface area contributed by atoms with Crippen LogP contribution in [0.4, 0.5) is 0 Å². The van der Waals surface area contributed by atoms with Gasteiger partial charge in [0, 0.05) is 30.5 Å². The molecule has 2 aromatic rings. The predicted molar refractivity (Wildman–Crippen MR) is 81.4 cm³/mol. The van der Waals surface area contributed by atoms with E-state index in [2.05, 4.69) is 5.16 Å². The lowest BCUT2D eigenvalue weighted by atomic mass is 9.79. The van der Waals surface area contributed by atoms with Gasteiger partial charge in [0.2, 0.25) is 5.91 Å². The number of hydrogen-bond donors (Lipinski definition) is 0.